The van der Waals surface area contributed by atoms with Crippen molar-refractivity contribution in [1.82, 2.24) is 0 Å². The van der Waals surface area contributed by atoms with Crippen molar-refractivity contribution in [1.29, 1.82) is 0 Å². The maximum Gasteiger partial charge on any atom is 0.0414 e. The van der Waals surface area contributed by atoms with Crippen LogP contribution in [0.15, 0.2) is 0 Å². The number of carboxylic acids is 1. The van der Waals surface area contributed by atoms with Gasteiger partial charge in [-0.05, 0) is 25.7 Å². The second kappa shape index (κ2) is 8.54. The van der Waals surface area contributed by atoms with Crippen molar-refractivity contribution >= 4 is 21.9 Å². The van der Waals surface area contributed by atoms with Gasteiger partial charge in [0.1, 0.15) is 0 Å². The molecule has 0 aliphatic carbocycles. The molecule has 0 spiro atoms. The van der Waals surface area contributed by atoms with Crippen molar-refractivity contribution in [2.75, 3.05) is 0 Å². The molecule has 1 atom stereocenters. The lowest BCUT2D eigenvalue weighted by Crippen LogP contribution is -2.21. The van der Waals surface area contributed by atoms with Crippen molar-refractivity contribution in [2.24, 2.45) is 0 Å². The summed E-state index contributed by atoms with van der Waals surface area (Å²) in [5.41, 5.74) is 0. The highest BCUT2D eigenvalue weighted by molar-refractivity contribution is 9.09. The number of hydrogen-bond acceptors (Lipinski definition) is 2. The van der Waals surface area contributed by atoms with Crippen LogP contribution in [0.2, 0.25) is 0 Å². The van der Waals surface area contributed by atoms with E-state index in [-0.39, 0.29) is 6.42 Å². The Labute approximate surface area is 88.8 Å². The first-order valence-corrected chi connectivity index (χ1v) is 5.92. The topological polar surface area (TPSA) is 40.1 Å². The zero-order valence-corrected chi connectivity index (χ0v) is 9.81. The van der Waals surface area contributed by atoms with Gasteiger partial charge in [0.05, 0.1) is 0 Å². The molecule has 0 N–H and O–H groups in total. The maximum absolute atomic E-state index is 10.1. The molecule has 0 fully saturated rings. The molecule has 0 heterocycles. The predicted octanol–water partition coefficient (Wildman–Crippen LogP) is 2.25. The number of carboxylic acid groups (broad SMARTS) is 1. The van der Waals surface area contributed by atoms with Crippen molar-refractivity contribution < 1.29 is 9.90 Å². The van der Waals surface area contributed by atoms with Crippen molar-refractivity contribution in [3.8, 4) is 0 Å². The zero-order chi connectivity index (χ0) is 10.1. The molecular weight excluding hydrogens is 232 g/mol. The van der Waals surface area contributed by atoms with Crippen LogP contribution in [0.5, 0.6) is 0 Å². The zero-order valence-electron chi connectivity index (χ0n) is 8.22. The van der Waals surface area contributed by atoms with Crippen LogP contribution < -0.4 is 5.11 Å². The standard InChI is InChI=1S/C10H19BrO2/c1-2-9(11)7-5-3-4-6-8-10(12)13/h9H,2-8H2,1H3,(H,12,13)/p-1. The van der Waals surface area contributed by atoms with E-state index in [0.717, 1.165) is 19.3 Å². The molecule has 0 aliphatic heterocycles. The third-order valence-corrected chi connectivity index (χ3v) is 3.20. The number of carbonyl (C=O) groups excluding carboxylic acids is 1. The van der Waals surface area contributed by atoms with Crippen LogP contribution in [0.25, 0.3) is 0 Å². The number of carbonyl (C=O) groups is 1. The lowest BCUT2D eigenvalue weighted by Gasteiger charge is -2.06. The molecule has 0 aromatic heterocycles. The Balaban J connectivity index is 3.04. The third kappa shape index (κ3) is 9.87. The first-order chi connectivity index (χ1) is 6.16. The highest BCUT2D eigenvalue weighted by Gasteiger charge is 1.99. The summed E-state index contributed by atoms with van der Waals surface area (Å²) >= 11 is 3.57. The highest BCUT2D eigenvalue weighted by atomic mass is 79.9. The fraction of sp³-hybridized carbons (Fsp3) is 0.900. The second-order valence-electron chi connectivity index (χ2n) is 3.33. The maximum atomic E-state index is 10.1. The molecule has 0 aromatic carbocycles. The minimum atomic E-state index is -0.924. The third-order valence-electron chi connectivity index (χ3n) is 2.09. The van der Waals surface area contributed by atoms with Crippen LogP contribution in [-0.4, -0.2) is 10.8 Å². The highest BCUT2D eigenvalue weighted by Crippen LogP contribution is 2.14. The monoisotopic (exact) mass is 249 g/mol. The van der Waals surface area contributed by atoms with Crippen LogP contribution in [-0.2, 0) is 4.79 Å². The molecule has 13 heavy (non-hydrogen) atoms. The van der Waals surface area contributed by atoms with Gasteiger partial charge in [0.2, 0.25) is 0 Å². The SMILES string of the molecule is CCC(Br)CCCCCCC(=O)[O-]. The molecule has 3 heteroatoms. The molecule has 2 nitrogen and oxygen atoms in total. The molecular formula is C10H18BrO2-. The van der Waals surface area contributed by atoms with Gasteiger partial charge in [-0.15, -0.1) is 0 Å². The van der Waals surface area contributed by atoms with Gasteiger partial charge in [0, 0.05) is 10.8 Å². The van der Waals surface area contributed by atoms with Crippen LogP contribution >= 0.6 is 15.9 Å². The van der Waals surface area contributed by atoms with Crippen molar-refractivity contribution in [3.63, 3.8) is 0 Å². The predicted molar refractivity (Wildman–Crippen MR) is 55.7 cm³/mol. The van der Waals surface area contributed by atoms with Crippen LogP contribution in [0, 0.1) is 0 Å². The summed E-state index contributed by atoms with van der Waals surface area (Å²) in [6.45, 7) is 2.16. The first kappa shape index (κ1) is 12.9. The van der Waals surface area contributed by atoms with E-state index < -0.39 is 5.97 Å². The summed E-state index contributed by atoms with van der Waals surface area (Å²) in [7, 11) is 0. The fourth-order valence-electron chi connectivity index (χ4n) is 1.19. The Hall–Kier alpha value is -0.0500. The van der Waals surface area contributed by atoms with E-state index >= 15 is 0 Å². The lowest BCUT2D eigenvalue weighted by atomic mass is 10.1. The number of hydrogen-bond donors (Lipinski definition) is 0. The van der Waals surface area contributed by atoms with Gasteiger partial charge < -0.3 is 9.90 Å². The molecule has 0 aliphatic rings. The normalized spacial score (nSPS) is 12.8. The molecule has 1 unspecified atom stereocenters. The van der Waals surface area contributed by atoms with E-state index in [2.05, 4.69) is 22.9 Å². The largest absolute Gasteiger partial charge is 0.550 e. The molecule has 0 saturated carbocycles. The van der Waals surface area contributed by atoms with E-state index in [1.807, 2.05) is 0 Å². The molecule has 0 radical (unpaired) electrons. The summed E-state index contributed by atoms with van der Waals surface area (Å²) in [5, 5.41) is 10.1. The average molecular weight is 250 g/mol. The van der Waals surface area contributed by atoms with E-state index in [4.69, 9.17) is 0 Å². The van der Waals surface area contributed by atoms with Gasteiger partial charge in [0.25, 0.3) is 0 Å². The van der Waals surface area contributed by atoms with Gasteiger partial charge >= 0.3 is 0 Å². The second-order valence-corrected chi connectivity index (χ2v) is 4.63. The van der Waals surface area contributed by atoms with Gasteiger partial charge in [-0.2, -0.15) is 0 Å². The number of rotatable bonds is 8. The van der Waals surface area contributed by atoms with Gasteiger partial charge in [-0.3, -0.25) is 0 Å². The van der Waals surface area contributed by atoms with Crippen LogP contribution in [0.3, 0.4) is 0 Å². The quantitative estimate of drug-likeness (QED) is 0.489. The minimum absolute atomic E-state index is 0.214. The van der Waals surface area contributed by atoms with Crippen LogP contribution in [0.4, 0.5) is 0 Å². The average Bonchev–Trinajstić information content (AvgIpc) is 2.10. The summed E-state index contributed by atoms with van der Waals surface area (Å²) in [4.78, 5) is 10.7. The summed E-state index contributed by atoms with van der Waals surface area (Å²) in [5.74, 6) is -0.924. The summed E-state index contributed by atoms with van der Waals surface area (Å²) in [6, 6.07) is 0. The molecule has 0 aromatic rings. The Morgan fingerprint density at radius 3 is 2.46 bits per heavy atom. The Morgan fingerprint density at radius 1 is 1.31 bits per heavy atom. The lowest BCUT2D eigenvalue weighted by molar-refractivity contribution is -0.305. The number of unbranched alkanes of at least 4 members (excludes halogenated alkanes) is 3. The molecule has 0 rings (SSSR count). The van der Waals surface area contributed by atoms with Crippen molar-refractivity contribution in [3.05, 3.63) is 0 Å². The number of halogens is 1. The molecule has 78 valence electrons. The minimum Gasteiger partial charge on any atom is -0.550 e. The summed E-state index contributed by atoms with van der Waals surface area (Å²) < 4.78 is 0. The van der Waals surface area contributed by atoms with Gasteiger partial charge in [-0.1, -0.05) is 42.1 Å². The van der Waals surface area contributed by atoms with Crippen LogP contribution in [0.1, 0.15) is 51.9 Å². The Morgan fingerprint density at radius 2 is 1.92 bits per heavy atom. The number of alkyl halides is 1. The smallest absolute Gasteiger partial charge is 0.0414 e. The van der Waals surface area contributed by atoms with Gasteiger partial charge in [0.15, 0.2) is 0 Å². The fourth-order valence-corrected chi connectivity index (χ4v) is 1.52. The molecule has 0 bridgehead atoms. The molecule has 0 amide bonds. The summed E-state index contributed by atoms with van der Waals surface area (Å²) in [6.07, 6.45) is 6.68. The number of aliphatic carboxylic acids is 1. The first-order valence-electron chi connectivity index (χ1n) is 5.00. The van der Waals surface area contributed by atoms with E-state index in [1.54, 1.807) is 0 Å². The Kier molecular flexibility index (Phi) is 8.51. The van der Waals surface area contributed by atoms with Gasteiger partial charge in [-0.25, -0.2) is 0 Å². The van der Waals surface area contributed by atoms with E-state index in [9.17, 15) is 9.90 Å². The Bertz CT molecular complexity index is 137. The van der Waals surface area contributed by atoms with E-state index in [0.29, 0.717) is 4.83 Å². The van der Waals surface area contributed by atoms with Crippen molar-refractivity contribution in [2.45, 2.75) is 56.7 Å². The van der Waals surface area contributed by atoms with E-state index in [1.165, 1.54) is 19.3 Å². The molecule has 0 saturated heterocycles.